The molecule has 0 heterocycles. The van der Waals surface area contributed by atoms with E-state index in [1.54, 1.807) is 12.1 Å². The Morgan fingerprint density at radius 2 is 1.75 bits per heavy atom. The highest BCUT2D eigenvalue weighted by molar-refractivity contribution is 7.89. The van der Waals surface area contributed by atoms with Crippen molar-refractivity contribution < 1.29 is 21.6 Å². The van der Waals surface area contributed by atoms with Gasteiger partial charge in [0.15, 0.2) is 0 Å². The second kappa shape index (κ2) is 7.44. The van der Waals surface area contributed by atoms with E-state index in [1.807, 2.05) is 13.8 Å². The largest absolute Gasteiger partial charge is 0.393 e. The van der Waals surface area contributed by atoms with Gasteiger partial charge in [-0.25, -0.2) is 13.1 Å². The summed E-state index contributed by atoms with van der Waals surface area (Å²) in [5.74, 6) is -1.30. The smallest absolute Gasteiger partial charge is 0.207 e. The van der Waals surface area contributed by atoms with Crippen LogP contribution in [0.4, 0.5) is 13.2 Å². The van der Waals surface area contributed by atoms with E-state index in [4.69, 9.17) is 0 Å². The molecule has 7 heteroatoms. The summed E-state index contributed by atoms with van der Waals surface area (Å²) in [5, 5.41) is 0. The van der Waals surface area contributed by atoms with Gasteiger partial charge in [0.2, 0.25) is 10.0 Å². The van der Waals surface area contributed by atoms with Crippen LogP contribution >= 0.6 is 0 Å². The zero-order valence-corrected chi connectivity index (χ0v) is 14.8. The van der Waals surface area contributed by atoms with Gasteiger partial charge in [0.05, 0.1) is 10.8 Å². The average Bonchev–Trinajstić information content (AvgIpc) is 2.53. The Balaban J connectivity index is 2.17. The highest BCUT2D eigenvalue weighted by Crippen LogP contribution is 2.38. The van der Waals surface area contributed by atoms with Crippen LogP contribution in [0.5, 0.6) is 0 Å². The molecule has 1 aromatic carbocycles. The lowest BCUT2D eigenvalue weighted by Crippen LogP contribution is -2.47. The van der Waals surface area contributed by atoms with Crippen LogP contribution in [0.1, 0.15) is 57.4 Å². The Morgan fingerprint density at radius 1 is 1.17 bits per heavy atom. The van der Waals surface area contributed by atoms with Gasteiger partial charge in [-0.1, -0.05) is 38.8 Å². The Hall–Kier alpha value is -1.08. The van der Waals surface area contributed by atoms with Gasteiger partial charge in [0.1, 0.15) is 0 Å². The summed E-state index contributed by atoms with van der Waals surface area (Å²) >= 11 is 0. The number of rotatable bonds is 5. The van der Waals surface area contributed by atoms with Crippen molar-refractivity contribution in [1.82, 2.24) is 4.72 Å². The fraction of sp³-hybridized carbons (Fsp3) is 0.647. The standard InChI is InChI=1S/C17H24F3NO2S/c1-3-12(2)13-8-10-14(11-9-13)24(22,23)21-16-7-5-4-6-15(16)17(18,19)20/h8-12,15-16,21H,3-7H2,1-2H3. The fourth-order valence-corrected chi connectivity index (χ4v) is 4.45. The molecule has 3 unspecified atom stereocenters. The molecule has 1 N–H and O–H groups in total. The van der Waals surface area contributed by atoms with Crippen LogP contribution < -0.4 is 4.72 Å². The number of halogens is 3. The minimum Gasteiger partial charge on any atom is -0.207 e. The van der Waals surface area contributed by atoms with Crippen molar-refractivity contribution in [3.05, 3.63) is 29.8 Å². The zero-order valence-electron chi connectivity index (χ0n) is 13.9. The molecule has 0 spiro atoms. The second-order valence-corrected chi connectivity index (χ2v) is 8.25. The van der Waals surface area contributed by atoms with Crippen LogP contribution in [-0.2, 0) is 10.0 Å². The molecule has 0 radical (unpaired) electrons. The molecule has 3 nitrogen and oxygen atoms in total. The molecule has 1 fully saturated rings. The van der Waals surface area contributed by atoms with Gasteiger partial charge in [-0.15, -0.1) is 0 Å². The van der Waals surface area contributed by atoms with Crippen LogP contribution in [-0.4, -0.2) is 20.6 Å². The highest BCUT2D eigenvalue weighted by atomic mass is 32.2. The van der Waals surface area contributed by atoms with Crippen LogP contribution in [0.3, 0.4) is 0 Å². The van der Waals surface area contributed by atoms with Crippen LogP contribution in [0.15, 0.2) is 29.2 Å². The lowest BCUT2D eigenvalue weighted by molar-refractivity contribution is -0.187. The molecule has 2 rings (SSSR count). The Morgan fingerprint density at radius 3 is 2.29 bits per heavy atom. The number of hydrogen-bond acceptors (Lipinski definition) is 2. The van der Waals surface area contributed by atoms with Crippen molar-refractivity contribution in [1.29, 1.82) is 0 Å². The van der Waals surface area contributed by atoms with Crippen LogP contribution in [0.2, 0.25) is 0 Å². The van der Waals surface area contributed by atoms with Gasteiger partial charge in [0.25, 0.3) is 0 Å². The number of hydrogen-bond donors (Lipinski definition) is 1. The van der Waals surface area contributed by atoms with E-state index < -0.39 is 28.2 Å². The van der Waals surface area contributed by atoms with Crippen molar-refractivity contribution >= 4 is 10.0 Å². The summed E-state index contributed by atoms with van der Waals surface area (Å²) in [6, 6.07) is 5.30. The van der Waals surface area contributed by atoms with Crippen LogP contribution in [0, 0.1) is 5.92 Å². The highest BCUT2D eigenvalue weighted by Gasteiger charge is 2.46. The molecule has 1 aliphatic rings. The first-order chi connectivity index (χ1) is 11.1. The topological polar surface area (TPSA) is 46.2 Å². The summed E-state index contributed by atoms with van der Waals surface area (Å²) < 4.78 is 66.5. The first-order valence-electron chi connectivity index (χ1n) is 8.34. The van der Waals surface area contributed by atoms with E-state index in [0.717, 1.165) is 12.0 Å². The molecule has 136 valence electrons. The summed E-state index contributed by atoms with van der Waals surface area (Å²) in [4.78, 5) is 0.0149. The molecule has 0 aliphatic heterocycles. The van der Waals surface area contributed by atoms with Crippen molar-refractivity contribution in [2.24, 2.45) is 5.92 Å². The summed E-state index contributed by atoms with van der Waals surface area (Å²) in [7, 11) is -3.95. The lowest BCUT2D eigenvalue weighted by Gasteiger charge is -2.33. The van der Waals surface area contributed by atoms with Crippen molar-refractivity contribution in [2.45, 2.75) is 69.0 Å². The number of sulfonamides is 1. The molecule has 1 aliphatic carbocycles. The third-order valence-corrected chi connectivity index (χ3v) is 6.37. The maximum Gasteiger partial charge on any atom is 0.393 e. The van der Waals surface area contributed by atoms with Gasteiger partial charge in [-0.3, -0.25) is 0 Å². The Kier molecular flexibility index (Phi) is 5.96. The van der Waals surface area contributed by atoms with E-state index in [9.17, 15) is 21.6 Å². The lowest BCUT2D eigenvalue weighted by atomic mass is 9.85. The first-order valence-corrected chi connectivity index (χ1v) is 9.82. The minimum absolute atomic E-state index is 0.0149. The maximum atomic E-state index is 13.1. The molecule has 0 aromatic heterocycles. The zero-order chi connectivity index (χ0) is 18.0. The maximum absolute atomic E-state index is 13.1. The molecule has 1 aromatic rings. The van der Waals surface area contributed by atoms with Crippen molar-refractivity contribution in [3.8, 4) is 0 Å². The normalized spacial score (nSPS) is 23.9. The molecule has 24 heavy (non-hydrogen) atoms. The number of alkyl halides is 3. The molecular formula is C17H24F3NO2S. The van der Waals surface area contributed by atoms with Crippen LogP contribution in [0.25, 0.3) is 0 Å². The third-order valence-electron chi connectivity index (χ3n) is 4.86. The minimum atomic E-state index is -4.38. The molecule has 0 bridgehead atoms. The summed E-state index contributed by atoms with van der Waals surface area (Å²) in [6.45, 7) is 4.08. The predicted molar refractivity (Wildman–Crippen MR) is 87.3 cm³/mol. The van der Waals surface area contributed by atoms with E-state index in [-0.39, 0.29) is 17.7 Å². The van der Waals surface area contributed by atoms with E-state index >= 15 is 0 Å². The third kappa shape index (κ3) is 4.51. The average molecular weight is 363 g/mol. The van der Waals surface area contributed by atoms with Crippen molar-refractivity contribution in [3.63, 3.8) is 0 Å². The van der Waals surface area contributed by atoms with Gasteiger partial charge < -0.3 is 0 Å². The van der Waals surface area contributed by atoms with E-state index in [0.29, 0.717) is 18.8 Å². The quantitative estimate of drug-likeness (QED) is 0.831. The summed E-state index contributed by atoms with van der Waals surface area (Å²) in [6.07, 6.45) is -2.18. The van der Waals surface area contributed by atoms with E-state index in [1.165, 1.54) is 12.1 Å². The summed E-state index contributed by atoms with van der Waals surface area (Å²) in [5.41, 5.74) is 1.02. The SMILES string of the molecule is CCC(C)c1ccc(S(=O)(=O)NC2CCCCC2C(F)(F)F)cc1. The molecule has 1 saturated carbocycles. The van der Waals surface area contributed by atoms with Gasteiger partial charge in [-0.2, -0.15) is 13.2 Å². The fourth-order valence-electron chi connectivity index (χ4n) is 3.14. The van der Waals surface area contributed by atoms with Gasteiger partial charge >= 0.3 is 6.18 Å². The second-order valence-electron chi connectivity index (χ2n) is 6.54. The van der Waals surface area contributed by atoms with E-state index in [2.05, 4.69) is 4.72 Å². The first kappa shape index (κ1) is 19.2. The number of nitrogens with one attached hydrogen (secondary N) is 1. The Bertz CT molecular complexity index is 641. The Labute approximate surface area is 141 Å². The monoisotopic (exact) mass is 363 g/mol. The number of benzene rings is 1. The molecule has 0 saturated heterocycles. The molecular weight excluding hydrogens is 339 g/mol. The molecule has 0 amide bonds. The van der Waals surface area contributed by atoms with Gasteiger partial charge in [0, 0.05) is 6.04 Å². The molecule has 3 atom stereocenters. The van der Waals surface area contributed by atoms with Gasteiger partial charge in [-0.05, 0) is 42.9 Å². The predicted octanol–water partition coefficient (Wildman–Crippen LogP) is 4.60. The van der Waals surface area contributed by atoms with Crippen molar-refractivity contribution in [2.75, 3.05) is 0 Å².